The molecule has 0 aliphatic heterocycles. The summed E-state index contributed by atoms with van der Waals surface area (Å²) in [5, 5.41) is 3.76. The molecule has 0 spiro atoms. The van der Waals surface area contributed by atoms with Crippen LogP contribution in [0.3, 0.4) is 0 Å². The molecule has 0 amide bonds. The maximum absolute atomic E-state index is 9.85. The average Bonchev–Trinajstić information content (AvgIpc) is 2.35. The first kappa shape index (κ1) is 8.68. The van der Waals surface area contributed by atoms with Crippen LogP contribution in [0.25, 0.3) is 0 Å². The summed E-state index contributed by atoms with van der Waals surface area (Å²) in [5.41, 5.74) is 0.691. The fourth-order valence-corrected chi connectivity index (χ4v) is 0.717. The fraction of sp³-hybridized carbons (Fsp3) is 0.500. The molecule has 1 rings (SSSR count). The Balaban J connectivity index is 2.99. The van der Waals surface area contributed by atoms with Crippen molar-refractivity contribution in [1.29, 1.82) is 0 Å². The Hall–Kier alpha value is -1.41. The van der Waals surface area contributed by atoms with E-state index in [0.29, 0.717) is 0 Å². The Morgan fingerprint density at radius 1 is 1.58 bits per heavy atom. The highest BCUT2D eigenvalue weighted by Crippen LogP contribution is 2.24. The van der Waals surface area contributed by atoms with E-state index in [9.17, 15) is 4.79 Å². The van der Waals surface area contributed by atoms with E-state index in [1.807, 2.05) is 20.8 Å². The van der Waals surface area contributed by atoms with E-state index < -0.39 is 0 Å². The van der Waals surface area contributed by atoms with Crippen molar-refractivity contribution < 1.29 is 9.32 Å². The third kappa shape index (κ3) is 1.80. The van der Waals surface area contributed by atoms with Crippen molar-refractivity contribution in [3.05, 3.63) is 11.8 Å². The van der Waals surface area contributed by atoms with Crippen LogP contribution in [0.5, 0.6) is 0 Å². The van der Waals surface area contributed by atoms with Crippen LogP contribution in [0.2, 0.25) is 0 Å². The van der Waals surface area contributed by atoms with Crippen molar-refractivity contribution in [3.63, 3.8) is 0 Å². The van der Waals surface area contributed by atoms with Gasteiger partial charge in [-0.3, -0.25) is 0 Å². The first-order valence-electron chi connectivity index (χ1n) is 3.59. The smallest absolute Gasteiger partial charge is 0.261 e. The lowest BCUT2D eigenvalue weighted by atomic mass is 9.92. The normalized spacial score (nSPS) is 10.9. The molecule has 1 heterocycles. The minimum Gasteiger partial charge on any atom is -0.335 e. The van der Waals surface area contributed by atoms with Crippen LogP contribution < -0.4 is 0 Å². The van der Waals surface area contributed by atoms with Crippen LogP contribution in [-0.2, 0) is 10.2 Å². The van der Waals surface area contributed by atoms with E-state index in [0.717, 1.165) is 5.69 Å². The minimum atomic E-state index is -0.0832. The molecule has 0 saturated heterocycles. The third-order valence-electron chi connectivity index (χ3n) is 1.42. The lowest BCUT2D eigenvalue weighted by molar-refractivity contribution is 0.401. The summed E-state index contributed by atoms with van der Waals surface area (Å²) in [7, 11) is 0. The molecule has 0 aromatic carbocycles. The summed E-state index contributed by atoms with van der Waals surface area (Å²) in [5.74, 6) is 0.204. The molecule has 0 saturated carbocycles. The summed E-state index contributed by atoms with van der Waals surface area (Å²) in [6.07, 6.45) is 1.39. The van der Waals surface area contributed by atoms with Crippen molar-refractivity contribution in [2.75, 3.05) is 0 Å². The van der Waals surface area contributed by atoms with Gasteiger partial charge in [0.15, 0.2) is 0 Å². The molecule has 0 N–H and O–H groups in total. The Morgan fingerprint density at radius 3 is 2.67 bits per heavy atom. The van der Waals surface area contributed by atoms with Gasteiger partial charge in [0.25, 0.3) is 5.88 Å². The topological polar surface area (TPSA) is 55.5 Å². The maximum Gasteiger partial charge on any atom is 0.261 e. The molecule has 1 aromatic heterocycles. The van der Waals surface area contributed by atoms with Crippen LogP contribution >= 0.6 is 0 Å². The van der Waals surface area contributed by atoms with Crippen molar-refractivity contribution in [2.45, 2.75) is 26.2 Å². The predicted molar refractivity (Wildman–Crippen MR) is 43.0 cm³/mol. The summed E-state index contributed by atoms with van der Waals surface area (Å²) in [4.78, 5) is 13.2. The van der Waals surface area contributed by atoms with E-state index in [-0.39, 0.29) is 11.3 Å². The molecular weight excluding hydrogens is 156 g/mol. The van der Waals surface area contributed by atoms with Gasteiger partial charge in [0.1, 0.15) is 0 Å². The molecule has 0 fully saturated rings. The lowest BCUT2D eigenvalue weighted by Gasteiger charge is -2.12. The first-order chi connectivity index (χ1) is 5.54. The lowest BCUT2D eigenvalue weighted by Crippen LogP contribution is -2.10. The van der Waals surface area contributed by atoms with E-state index in [1.54, 1.807) is 6.07 Å². The Kier molecular flexibility index (Phi) is 2.11. The zero-order valence-corrected chi connectivity index (χ0v) is 7.29. The maximum atomic E-state index is 9.85. The zero-order valence-electron chi connectivity index (χ0n) is 7.29. The molecule has 0 bridgehead atoms. The summed E-state index contributed by atoms with van der Waals surface area (Å²) < 4.78 is 4.75. The molecule has 64 valence electrons. The molecule has 0 unspecified atom stereocenters. The highest BCUT2D eigenvalue weighted by molar-refractivity contribution is 5.43. The Morgan fingerprint density at radius 2 is 2.25 bits per heavy atom. The van der Waals surface area contributed by atoms with Crippen LogP contribution in [0, 0.1) is 0 Å². The second-order valence-electron chi connectivity index (χ2n) is 3.50. The molecule has 4 nitrogen and oxygen atoms in total. The molecule has 0 atom stereocenters. The van der Waals surface area contributed by atoms with Gasteiger partial charge in [-0.2, -0.15) is 0 Å². The van der Waals surface area contributed by atoms with E-state index >= 15 is 0 Å². The van der Waals surface area contributed by atoms with Crippen LogP contribution in [0.1, 0.15) is 26.5 Å². The summed E-state index contributed by atoms with van der Waals surface area (Å²) in [6.45, 7) is 6.00. The number of hydrogen-bond acceptors (Lipinski definition) is 4. The van der Waals surface area contributed by atoms with Gasteiger partial charge in [0.05, 0.1) is 5.69 Å². The highest BCUT2D eigenvalue weighted by Gasteiger charge is 2.18. The van der Waals surface area contributed by atoms with Gasteiger partial charge in [-0.05, 0) is 0 Å². The van der Waals surface area contributed by atoms with Gasteiger partial charge in [-0.1, -0.05) is 25.9 Å². The summed E-state index contributed by atoms with van der Waals surface area (Å²) in [6, 6.07) is 1.63. The number of nitrogens with zero attached hydrogens (tertiary/aromatic N) is 2. The number of isocyanates is 1. The Labute approximate surface area is 70.3 Å². The molecule has 12 heavy (non-hydrogen) atoms. The number of rotatable bonds is 1. The molecule has 0 aliphatic carbocycles. The van der Waals surface area contributed by atoms with E-state index in [1.165, 1.54) is 6.08 Å². The third-order valence-corrected chi connectivity index (χ3v) is 1.42. The second-order valence-corrected chi connectivity index (χ2v) is 3.50. The van der Waals surface area contributed by atoms with Gasteiger partial charge < -0.3 is 4.52 Å². The van der Waals surface area contributed by atoms with Crippen LogP contribution in [-0.4, -0.2) is 11.2 Å². The number of aromatic nitrogens is 1. The minimum absolute atomic E-state index is 0.0832. The monoisotopic (exact) mass is 166 g/mol. The average molecular weight is 166 g/mol. The molecular formula is C8H10N2O2. The molecule has 0 aliphatic rings. The largest absolute Gasteiger partial charge is 0.335 e. The number of aliphatic imine (C=N–C) groups is 1. The van der Waals surface area contributed by atoms with Gasteiger partial charge in [-0.15, -0.1) is 4.99 Å². The SMILES string of the molecule is CC(C)(C)c1cc(N=C=O)on1. The standard InChI is InChI=1S/C8H10N2O2/c1-8(2,3)6-4-7(9-5-11)12-10-6/h4H,1-3H3. The van der Waals surface area contributed by atoms with Crippen molar-refractivity contribution >= 4 is 12.0 Å². The quantitative estimate of drug-likeness (QED) is 0.473. The number of hydrogen-bond donors (Lipinski definition) is 0. The van der Waals surface area contributed by atoms with Gasteiger partial charge in [0.2, 0.25) is 6.08 Å². The second kappa shape index (κ2) is 2.91. The fourth-order valence-electron chi connectivity index (χ4n) is 0.717. The first-order valence-corrected chi connectivity index (χ1v) is 3.59. The molecule has 1 aromatic rings. The van der Waals surface area contributed by atoms with Crippen LogP contribution in [0.15, 0.2) is 15.6 Å². The van der Waals surface area contributed by atoms with E-state index in [4.69, 9.17) is 4.52 Å². The highest BCUT2D eigenvalue weighted by atomic mass is 16.5. The predicted octanol–water partition coefficient (Wildman–Crippen LogP) is 1.94. The summed E-state index contributed by atoms with van der Waals surface area (Å²) >= 11 is 0. The van der Waals surface area contributed by atoms with Gasteiger partial charge in [-0.25, -0.2) is 4.79 Å². The number of carbonyl (C=O) groups excluding carboxylic acids is 1. The van der Waals surface area contributed by atoms with Gasteiger partial charge >= 0.3 is 0 Å². The van der Waals surface area contributed by atoms with Gasteiger partial charge in [0, 0.05) is 11.5 Å². The van der Waals surface area contributed by atoms with Crippen LogP contribution in [0.4, 0.5) is 5.88 Å². The van der Waals surface area contributed by atoms with E-state index in [2.05, 4.69) is 10.1 Å². The molecule has 4 heteroatoms. The molecule has 0 radical (unpaired) electrons. The Bertz CT molecular complexity index is 316. The van der Waals surface area contributed by atoms with Crippen molar-refractivity contribution in [2.24, 2.45) is 4.99 Å². The van der Waals surface area contributed by atoms with Crippen molar-refractivity contribution in [3.8, 4) is 0 Å². The van der Waals surface area contributed by atoms with Crippen molar-refractivity contribution in [1.82, 2.24) is 5.16 Å². The zero-order chi connectivity index (χ0) is 9.19.